The fraction of sp³-hybridized carbons (Fsp3) is 0.500. The van der Waals surface area contributed by atoms with Crippen molar-refractivity contribution in [2.24, 2.45) is 0 Å². The molecule has 0 aromatic rings. The monoisotopic (exact) mass is 394 g/mol. The molecule has 0 amide bonds. The molecule has 0 aromatic heterocycles. The van der Waals surface area contributed by atoms with Gasteiger partial charge in [-0.2, -0.15) is 41.5 Å². The summed E-state index contributed by atoms with van der Waals surface area (Å²) in [5.74, 6) is 0. The van der Waals surface area contributed by atoms with Crippen LogP contribution in [0.4, 0.5) is 0 Å². The largest absolute Gasteiger partial charge is 3.00 e. The summed E-state index contributed by atoms with van der Waals surface area (Å²) in [5, 5.41) is 0. The van der Waals surface area contributed by atoms with Gasteiger partial charge < -0.3 is 41.5 Å². The van der Waals surface area contributed by atoms with E-state index in [1.807, 2.05) is 0 Å². The molecule has 0 saturated carbocycles. The van der Waals surface area contributed by atoms with Gasteiger partial charge in [-0.05, 0) is 0 Å². The van der Waals surface area contributed by atoms with E-state index in [4.69, 9.17) is 0 Å². The van der Waals surface area contributed by atoms with E-state index in [9.17, 15) is 0 Å². The minimum Gasteiger partial charge on any atom is -0.346 e. The van der Waals surface area contributed by atoms with Crippen molar-refractivity contribution in [3.63, 3.8) is 0 Å². The molecule has 0 aliphatic carbocycles. The normalized spacial score (nSPS) is 2.25. The minimum absolute atomic E-state index is 0. The molecule has 0 atom stereocenters. The van der Waals surface area contributed by atoms with Gasteiger partial charge in [0.25, 0.3) is 0 Å². The molecular weight excluding hydrogens is 364 g/mol. The van der Waals surface area contributed by atoms with E-state index in [2.05, 4.69) is 41.5 Å². The smallest absolute Gasteiger partial charge is 0.346 e. The number of hydrogen-bond acceptors (Lipinski definition) is 0. The van der Waals surface area contributed by atoms with Crippen molar-refractivity contribution in [2.45, 2.75) is 41.5 Å². The van der Waals surface area contributed by atoms with E-state index in [1.165, 1.54) is 0 Å². The Labute approximate surface area is 150 Å². The van der Waals surface area contributed by atoms with Crippen molar-refractivity contribution in [1.29, 1.82) is 0 Å². The van der Waals surface area contributed by atoms with Crippen molar-refractivity contribution in [3.05, 3.63) is 41.5 Å². The van der Waals surface area contributed by atoms with E-state index in [0.717, 1.165) is 0 Å². The Morgan fingerprint density at radius 3 is 0.312 bits per heavy atom. The summed E-state index contributed by atoms with van der Waals surface area (Å²) < 4.78 is 0. The average molecular weight is 394 g/mol. The van der Waals surface area contributed by atoms with Gasteiger partial charge in [-0.15, -0.1) is 0 Å². The molecule has 0 aromatic carbocycles. The van der Waals surface area contributed by atoms with Gasteiger partial charge in [-0.25, -0.2) is 0 Å². The number of rotatable bonds is 0. The Balaban J connectivity index is -0.00000000321. The molecule has 1 radical (unpaired) electrons. The molecule has 0 fully saturated rings. The zero-order valence-electron chi connectivity index (χ0n) is 11.8. The molecular formula is C12H30Mn4+3. The van der Waals surface area contributed by atoms with Gasteiger partial charge in [0.05, 0.1) is 0 Å². The Morgan fingerprint density at radius 1 is 0.312 bits per heavy atom. The Hall–Kier alpha value is 2.08. The Morgan fingerprint density at radius 2 is 0.312 bits per heavy atom. The SMILES string of the molecule is [CH2-]C.[CH2-]C.[CH2-]C.[CH2-]C.[CH2-]C.[CH2-]C.[Mn+3].[Mn+3].[Mn+3].[Mn]. The van der Waals surface area contributed by atoms with E-state index >= 15 is 0 Å². The summed E-state index contributed by atoms with van der Waals surface area (Å²) in [7, 11) is 0. The van der Waals surface area contributed by atoms with Crippen LogP contribution >= 0.6 is 0 Å². The van der Waals surface area contributed by atoms with Crippen LogP contribution in [0.2, 0.25) is 0 Å². The van der Waals surface area contributed by atoms with Crippen LogP contribution in [0.15, 0.2) is 0 Å². The first-order valence-electron chi connectivity index (χ1n) is 4.24. The van der Waals surface area contributed by atoms with Crippen LogP contribution in [0.5, 0.6) is 0 Å². The third kappa shape index (κ3) is 847. The van der Waals surface area contributed by atoms with Crippen molar-refractivity contribution >= 4 is 0 Å². The Kier molecular flexibility index (Phi) is 5160. The van der Waals surface area contributed by atoms with Crippen LogP contribution in [0.25, 0.3) is 0 Å². The second-order valence-electron chi connectivity index (χ2n) is 0. The van der Waals surface area contributed by atoms with E-state index < -0.39 is 0 Å². The fourth-order valence-corrected chi connectivity index (χ4v) is 0. The van der Waals surface area contributed by atoms with Gasteiger partial charge in [0.15, 0.2) is 0 Å². The van der Waals surface area contributed by atoms with Gasteiger partial charge in [0.1, 0.15) is 0 Å². The van der Waals surface area contributed by atoms with Crippen molar-refractivity contribution in [1.82, 2.24) is 0 Å². The summed E-state index contributed by atoms with van der Waals surface area (Å²) in [6, 6.07) is 0. The van der Waals surface area contributed by atoms with Crippen LogP contribution in [0.1, 0.15) is 41.5 Å². The first kappa shape index (κ1) is 80.8. The molecule has 0 aliphatic heterocycles. The second-order valence-corrected chi connectivity index (χ2v) is 0. The maximum Gasteiger partial charge on any atom is 3.00 e. The van der Waals surface area contributed by atoms with Crippen LogP contribution in [0.3, 0.4) is 0 Å². The van der Waals surface area contributed by atoms with Gasteiger partial charge >= 0.3 is 51.2 Å². The second kappa shape index (κ2) is 1020. The average Bonchev–Trinajstić information content (AvgIpc) is 2.33. The predicted octanol–water partition coefficient (Wildman–Crippen LogP) is 5.03. The first-order chi connectivity index (χ1) is 6.00. The molecule has 0 N–H and O–H groups in total. The summed E-state index contributed by atoms with van der Waals surface area (Å²) in [5.41, 5.74) is 0. The van der Waals surface area contributed by atoms with Gasteiger partial charge in [0.2, 0.25) is 0 Å². The third-order valence-electron chi connectivity index (χ3n) is 0. The Bertz CT molecular complexity index is 13.0. The van der Waals surface area contributed by atoms with E-state index in [0.29, 0.717) is 0 Å². The molecule has 0 unspecified atom stereocenters. The van der Waals surface area contributed by atoms with Crippen LogP contribution in [-0.4, -0.2) is 0 Å². The molecule has 0 saturated heterocycles. The zero-order chi connectivity index (χ0) is 12.0. The molecule has 0 rings (SSSR count). The molecule has 16 heavy (non-hydrogen) atoms. The van der Waals surface area contributed by atoms with Crippen molar-refractivity contribution in [3.8, 4) is 0 Å². The standard InChI is InChI=1S/6C2H5.4Mn/c6*1-2;;;;/h6*1H2,2H3;;;;/q6*-1;;3*+3. The van der Waals surface area contributed by atoms with Crippen molar-refractivity contribution in [2.75, 3.05) is 0 Å². The minimum atomic E-state index is 0. The van der Waals surface area contributed by atoms with Gasteiger partial charge in [-0.3, -0.25) is 0 Å². The molecule has 0 nitrogen and oxygen atoms in total. The molecule has 0 bridgehead atoms. The molecule has 0 aliphatic rings. The summed E-state index contributed by atoms with van der Waals surface area (Å²) >= 11 is 0. The van der Waals surface area contributed by atoms with Crippen LogP contribution < -0.4 is 0 Å². The molecule has 4 heteroatoms. The topological polar surface area (TPSA) is 0 Å². The summed E-state index contributed by atoms with van der Waals surface area (Å²) in [4.78, 5) is 0. The van der Waals surface area contributed by atoms with E-state index in [1.54, 1.807) is 41.5 Å². The molecule has 0 spiro atoms. The summed E-state index contributed by atoms with van der Waals surface area (Å²) in [6.45, 7) is 30.0. The first-order valence-corrected chi connectivity index (χ1v) is 4.24. The zero-order valence-corrected chi connectivity index (χ0v) is 16.5. The maximum absolute atomic E-state index is 3.25. The number of hydrogen-bond donors (Lipinski definition) is 0. The van der Waals surface area contributed by atoms with Gasteiger partial charge in [-0.1, -0.05) is 0 Å². The van der Waals surface area contributed by atoms with Gasteiger partial charge in [0, 0.05) is 17.1 Å². The molecule has 0 heterocycles. The predicted molar refractivity (Wildman–Crippen MR) is 66.2 cm³/mol. The van der Waals surface area contributed by atoms with Crippen LogP contribution in [0, 0.1) is 41.5 Å². The quantitative estimate of drug-likeness (QED) is 0.399. The maximum atomic E-state index is 3.25. The van der Waals surface area contributed by atoms with Crippen LogP contribution in [-0.2, 0) is 68.3 Å². The third-order valence-corrected chi connectivity index (χ3v) is 0. The van der Waals surface area contributed by atoms with Crippen molar-refractivity contribution < 1.29 is 68.3 Å². The summed E-state index contributed by atoms with van der Waals surface area (Å²) in [6.07, 6.45) is 0. The molecule has 103 valence electrons. The van der Waals surface area contributed by atoms with E-state index in [-0.39, 0.29) is 68.3 Å². The fourth-order valence-electron chi connectivity index (χ4n) is 0.